The Hall–Kier alpha value is -1.46. The Morgan fingerprint density at radius 3 is 3.00 bits per heavy atom. The lowest BCUT2D eigenvalue weighted by Gasteiger charge is -2.03. The lowest BCUT2D eigenvalue weighted by Crippen LogP contribution is -2.23. The molecule has 0 saturated heterocycles. The van der Waals surface area contributed by atoms with Crippen molar-refractivity contribution in [2.24, 2.45) is 7.05 Å². The van der Waals surface area contributed by atoms with Crippen LogP contribution in [0.15, 0.2) is 28.4 Å². The molecule has 0 spiro atoms. The van der Waals surface area contributed by atoms with Crippen LogP contribution < -0.4 is 5.56 Å². The molecule has 5 heteroatoms. The predicted octanol–water partition coefficient (Wildman–Crippen LogP) is 1.00. The number of hydrogen-bond acceptors (Lipinski definition) is 4. The summed E-state index contributed by atoms with van der Waals surface area (Å²) < 4.78 is 1.25. The van der Waals surface area contributed by atoms with E-state index in [9.17, 15) is 4.79 Å². The van der Waals surface area contributed by atoms with E-state index in [2.05, 4.69) is 5.10 Å². The molecule has 2 heterocycles. The summed E-state index contributed by atoms with van der Waals surface area (Å²) in [6.45, 7) is -0.256. The Bertz CT molecular complexity index is 517. The molecular weight excluding hydrogens is 212 g/mol. The van der Waals surface area contributed by atoms with Crippen LogP contribution in [0.1, 0.15) is 5.56 Å². The second-order valence-electron chi connectivity index (χ2n) is 3.12. The van der Waals surface area contributed by atoms with E-state index < -0.39 is 0 Å². The van der Waals surface area contributed by atoms with Crippen molar-refractivity contribution in [2.45, 2.75) is 6.61 Å². The Balaban J connectivity index is 2.60. The van der Waals surface area contributed by atoms with Crippen molar-refractivity contribution in [3.05, 3.63) is 39.5 Å². The second kappa shape index (κ2) is 3.96. The first-order valence-electron chi connectivity index (χ1n) is 4.44. The highest BCUT2D eigenvalue weighted by atomic mass is 32.1. The van der Waals surface area contributed by atoms with Gasteiger partial charge in [0.2, 0.25) is 0 Å². The fraction of sp³-hybridized carbons (Fsp3) is 0.200. The maximum Gasteiger partial charge on any atom is 0.272 e. The number of thiophene rings is 1. The number of rotatable bonds is 2. The monoisotopic (exact) mass is 222 g/mol. The molecule has 0 radical (unpaired) electrons. The fourth-order valence-corrected chi connectivity index (χ4v) is 2.01. The normalized spacial score (nSPS) is 10.5. The average molecular weight is 222 g/mol. The van der Waals surface area contributed by atoms with E-state index >= 15 is 0 Å². The van der Waals surface area contributed by atoms with Crippen LogP contribution in [0.5, 0.6) is 0 Å². The first kappa shape index (κ1) is 10.1. The van der Waals surface area contributed by atoms with Crippen molar-refractivity contribution in [1.82, 2.24) is 9.78 Å². The van der Waals surface area contributed by atoms with Crippen LogP contribution in [-0.4, -0.2) is 14.9 Å². The van der Waals surface area contributed by atoms with Gasteiger partial charge in [-0.15, -0.1) is 11.3 Å². The van der Waals surface area contributed by atoms with Crippen molar-refractivity contribution in [3.63, 3.8) is 0 Å². The summed E-state index contributed by atoms with van der Waals surface area (Å²) in [6.07, 6.45) is 0. The summed E-state index contributed by atoms with van der Waals surface area (Å²) in [4.78, 5) is 12.5. The van der Waals surface area contributed by atoms with E-state index in [-0.39, 0.29) is 12.2 Å². The summed E-state index contributed by atoms with van der Waals surface area (Å²) in [7, 11) is 1.58. The SMILES string of the molecule is Cn1nc(-c2cccs2)cc(CO)c1=O. The molecule has 0 unspecified atom stereocenters. The maximum atomic E-state index is 11.5. The van der Waals surface area contributed by atoms with Gasteiger partial charge in [-0.3, -0.25) is 4.79 Å². The third-order valence-electron chi connectivity index (χ3n) is 2.08. The Labute approximate surface area is 90.4 Å². The lowest BCUT2D eigenvalue weighted by atomic mass is 10.2. The number of nitrogens with zero attached hydrogens (tertiary/aromatic N) is 2. The number of hydrogen-bond donors (Lipinski definition) is 1. The van der Waals surface area contributed by atoms with Crippen LogP contribution >= 0.6 is 11.3 Å². The van der Waals surface area contributed by atoms with E-state index in [0.717, 1.165) is 10.6 Å². The predicted molar refractivity (Wildman–Crippen MR) is 58.7 cm³/mol. The molecule has 0 amide bonds. The lowest BCUT2D eigenvalue weighted by molar-refractivity contribution is 0.279. The molecular formula is C10H10N2O2S. The summed E-state index contributed by atoms with van der Waals surface area (Å²) in [6, 6.07) is 5.48. The van der Waals surface area contributed by atoms with E-state index in [1.807, 2.05) is 17.5 Å². The molecule has 0 fully saturated rings. The average Bonchev–Trinajstić information content (AvgIpc) is 2.75. The second-order valence-corrected chi connectivity index (χ2v) is 4.07. The number of aromatic nitrogens is 2. The van der Waals surface area contributed by atoms with Crippen LogP contribution in [0.25, 0.3) is 10.6 Å². The maximum absolute atomic E-state index is 11.5. The standard InChI is InChI=1S/C10H10N2O2S/c1-12-10(14)7(6-13)5-8(11-12)9-3-2-4-15-9/h2-5,13H,6H2,1H3. The van der Waals surface area contributed by atoms with E-state index in [1.54, 1.807) is 24.5 Å². The highest BCUT2D eigenvalue weighted by molar-refractivity contribution is 7.13. The van der Waals surface area contributed by atoms with Crippen molar-refractivity contribution in [1.29, 1.82) is 0 Å². The molecule has 0 aliphatic carbocycles. The molecule has 4 nitrogen and oxygen atoms in total. The molecule has 0 bridgehead atoms. The number of aryl methyl sites for hydroxylation is 1. The molecule has 2 aromatic heterocycles. The Kier molecular flexibility index (Phi) is 2.66. The minimum Gasteiger partial charge on any atom is -0.391 e. The number of aliphatic hydroxyl groups is 1. The first-order chi connectivity index (χ1) is 7.22. The van der Waals surface area contributed by atoms with Gasteiger partial charge in [-0.2, -0.15) is 5.10 Å². The van der Waals surface area contributed by atoms with Gasteiger partial charge in [0.1, 0.15) is 5.69 Å². The zero-order valence-corrected chi connectivity index (χ0v) is 8.99. The minimum atomic E-state index is -0.256. The van der Waals surface area contributed by atoms with E-state index in [0.29, 0.717) is 5.56 Å². The van der Waals surface area contributed by atoms with Gasteiger partial charge < -0.3 is 5.11 Å². The van der Waals surface area contributed by atoms with Gasteiger partial charge in [-0.1, -0.05) is 6.07 Å². The van der Waals surface area contributed by atoms with Crippen molar-refractivity contribution in [3.8, 4) is 10.6 Å². The molecule has 0 atom stereocenters. The smallest absolute Gasteiger partial charge is 0.272 e. The van der Waals surface area contributed by atoms with Gasteiger partial charge in [0, 0.05) is 12.6 Å². The van der Waals surface area contributed by atoms with Crippen molar-refractivity contribution >= 4 is 11.3 Å². The molecule has 2 aromatic rings. The zero-order valence-electron chi connectivity index (χ0n) is 8.17. The van der Waals surface area contributed by atoms with Crippen LogP contribution in [0.3, 0.4) is 0 Å². The van der Waals surface area contributed by atoms with Crippen LogP contribution in [0.4, 0.5) is 0 Å². The van der Waals surface area contributed by atoms with Gasteiger partial charge in [0.05, 0.1) is 11.5 Å². The first-order valence-corrected chi connectivity index (χ1v) is 5.32. The van der Waals surface area contributed by atoms with Gasteiger partial charge in [-0.25, -0.2) is 4.68 Å². The molecule has 78 valence electrons. The molecule has 1 N–H and O–H groups in total. The molecule has 0 aromatic carbocycles. The topological polar surface area (TPSA) is 55.1 Å². The third-order valence-corrected chi connectivity index (χ3v) is 2.97. The van der Waals surface area contributed by atoms with E-state index in [4.69, 9.17) is 5.11 Å². The minimum absolute atomic E-state index is 0.252. The highest BCUT2D eigenvalue weighted by Gasteiger charge is 2.07. The summed E-state index contributed by atoms with van der Waals surface area (Å²) >= 11 is 1.55. The summed E-state index contributed by atoms with van der Waals surface area (Å²) in [5.41, 5.74) is 0.838. The molecule has 15 heavy (non-hydrogen) atoms. The molecule has 0 saturated carbocycles. The fourth-order valence-electron chi connectivity index (χ4n) is 1.33. The van der Waals surface area contributed by atoms with Crippen LogP contribution in [0, 0.1) is 0 Å². The highest BCUT2D eigenvalue weighted by Crippen LogP contribution is 2.21. The Morgan fingerprint density at radius 1 is 1.60 bits per heavy atom. The zero-order chi connectivity index (χ0) is 10.8. The quantitative estimate of drug-likeness (QED) is 0.824. The largest absolute Gasteiger partial charge is 0.391 e. The van der Waals surface area contributed by atoms with E-state index in [1.165, 1.54) is 4.68 Å². The van der Waals surface area contributed by atoms with Gasteiger partial charge in [-0.05, 0) is 17.5 Å². The van der Waals surface area contributed by atoms with Gasteiger partial charge in [0.25, 0.3) is 5.56 Å². The molecule has 0 aliphatic heterocycles. The van der Waals surface area contributed by atoms with Crippen LogP contribution in [-0.2, 0) is 13.7 Å². The number of aliphatic hydroxyl groups excluding tert-OH is 1. The Morgan fingerprint density at radius 2 is 2.40 bits per heavy atom. The van der Waals surface area contributed by atoms with Crippen molar-refractivity contribution < 1.29 is 5.11 Å². The molecule has 0 aliphatic rings. The summed E-state index contributed by atoms with van der Waals surface area (Å²) in [5, 5.41) is 15.1. The third kappa shape index (κ3) is 1.84. The molecule has 2 rings (SSSR count). The summed E-state index contributed by atoms with van der Waals surface area (Å²) in [5.74, 6) is 0. The van der Waals surface area contributed by atoms with Crippen molar-refractivity contribution in [2.75, 3.05) is 0 Å². The van der Waals surface area contributed by atoms with Gasteiger partial charge in [0.15, 0.2) is 0 Å². The van der Waals surface area contributed by atoms with Crippen LogP contribution in [0.2, 0.25) is 0 Å². The van der Waals surface area contributed by atoms with Gasteiger partial charge >= 0.3 is 0 Å².